The highest BCUT2D eigenvalue weighted by atomic mass is 16.5. The molecule has 1 fully saturated rings. The molecule has 1 saturated heterocycles. The summed E-state index contributed by atoms with van der Waals surface area (Å²) < 4.78 is 11.6. The van der Waals surface area contributed by atoms with Gasteiger partial charge < -0.3 is 19.0 Å². The van der Waals surface area contributed by atoms with E-state index in [9.17, 15) is 0 Å². The standard InChI is InChI=1S/C14H19N3O2/c1-16(2)9-11-10-17(7-8-18-11)14-15-12-5-3-4-6-13(12)19-14/h3-6,11H,7-10H2,1-2H3/t11-/m0/s1. The Morgan fingerprint density at radius 2 is 2.21 bits per heavy atom. The van der Waals surface area contributed by atoms with Crippen molar-refractivity contribution in [1.29, 1.82) is 0 Å². The van der Waals surface area contributed by atoms with Crippen LogP contribution in [0.2, 0.25) is 0 Å². The largest absolute Gasteiger partial charge is 0.423 e. The summed E-state index contributed by atoms with van der Waals surface area (Å²) >= 11 is 0. The van der Waals surface area contributed by atoms with Gasteiger partial charge in [0.15, 0.2) is 5.58 Å². The second-order valence-corrected chi connectivity index (χ2v) is 5.17. The predicted octanol–water partition coefficient (Wildman–Crippen LogP) is 1.59. The van der Waals surface area contributed by atoms with Crippen LogP contribution >= 0.6 is 0 Å². The summed E-state index contributed by atoms with van der Waals surface area (Å²) in [4.78, 5) is 8.84. The zero-order chi connectivity index (χ0) is 13.2. The Hall–Kier alpha value is -1.59. The van der Waals surface area contributed by atoms with Crippen LogP contribution in [0.25, 0.3) is 11.1 Å². The fourth-order valence-corrected chi connectivity index (χ4v) is 2.41. The van der Waals surface area contributed by atoms with E-state index in [1.807, 2.05) is 24.3 Å². The molecule has 0 bridgehead atoms. The SMILES string of the molecule is CN(C)C[C@H]1CN(c2nc3ccccc3o2)CCO1. The predicted molar refractivity (Wildman–Crippen MR) is 74.5 cm³/mol. The van der Waals surface area contributed by atoms with Gasteiger partial charge in [0, 0.05) is 19.6 Å². The number of anilines is 1. The van der Waals surface area contributed by atoms with Crippen molar-refractivity contribution in [2.45, 2.75) is 6.10 Å². The zero-order valence-electron chi connectivity index (χ0n) is 11.4. The van der Waals surface area contributed by atoms with Crippen LogP contribution in [-0.2, 0) is 4.74 Å². The molecule has 5 heteroatoms. The Kier molecular flexibility index (Phi) is 3.40. The van der Waals surface area contributed by atoms with Crippen LogP contribution in [0.1, 0.15) is 0 Å². The zero-order valence-corrected chi connectivity index (χ0v) is 11.4. The molecule has 0 aliphatic carbocycles. The molecular formula is C14H19N3O2. The van der Waals surface area contributed by atoms with Crippen molar-refractivity contribution in [2.24, 2.45) is 0 Å². The molecule has 0 spiro atoms. The average molecular weight is 261 g/mol. The lowest BCUT2D eigenvalue weighted by atomic mass is 10.2. The van der Waals surface area contributed by atoms with E-state index in [-0.39, 0.29) is 6.10 Å². The minimum atomic E-state index is 0.207. The second-order valence-electron chi connectivity index (χ2n) is 5.17. The van der Waals surface area contributed by atoms with Gasteiger partial charge in [-0.05, 0) is 26.2 Å². The van der Waals surface area contributed by atoms with E-state index >= 15 is 0 Å². The molecule has 2 aromatic rings. The number of benzene rings is 1. The van der Waals surface area contributed by atoms with E-state index in [4.69, 9.17) is 9.15 Å². The molecule has 3 rings (SSSR count). The molecule has 5 nitrogen and oxygen atoms in total. The Morgan fingerprint density at radius 3 is 3.00 bits per heavy atom. The Bertz CT molecular complexity index is 519. The van der Waals surface area contributed by atoms with Crippen molar-refractivity contribution in [2.75, 3.05) is 45.2 Å². The van der Waals surface area contributed by atoms with Crippen LogP contribution in [0.5, 0.6) is 0 Å². The Balaban J connectivity index is 1.77. The molecule has 1 atom stereocenters. The van der Waals surface area contributed by atoms with Crippen LogP contribution in [0.15, 0.2) is 28.7 Å². The molecule has 0 amide bonds. The summed E-state index contributed by atoms with van der Waals surface area (Å²) in [5.41, 5.74) is 1.75. The van der Waals surface area contributed by atoms with Gasteiger partial charge in [-0.1, -0.05) is 12.1 Å². The molecule has 0 unspecified atom stereocenters. The lowest BCUT2D eigenvalue weighted by Gasteiger charge is -2.33. The third-order valence-electron chi connectivity index (χ3n) is 3.26. The van der Waals surface area contributed by atoms with Crippen molar-refractivity contribution in [1.82, 2.24) is 9.88 Å². The third-order valence-corrected chi connectivity index (χ3v) is 3.26. The van der Waals surface area contributed by atoms with Crippen molar-refractivity contribution in [3.8, 4) is 0 Å². The Morgan fingerprint density at radius 1 is 1.37 bits per heavy atom. The molecule has 1 aliphatic heterocycles. The molecule has 102 valence electrons. The maximum Gasteiger partial charge on any atom is 0.298 e. The maximum absolute atomic E-state index is 5.81. The maximum atomic E-state index is 5.81. The van der Waals surface area contributed by atoms with E-state index in [2.05, 4.69) is 28.9 Å². The van der Waals surface area contributed by atoms with Crippen LogP contribution in [0, 0.1) is 0 Å². The van der Waals surface area contributed by atoms with E-state index < -0.39 is 0 Å². The minimum Gasteiger partial charge on any atom is -0.423 e. The van der Waals surface area contributed by atoms with Gasteiger partial charge in [0.2, 0.25) is 0 Å². The van der Waals surface area contributed by atoms with Crippen molar-refractivity contribution < 1.29 is 9.15 Å². The van der Waals surface area contributed by atoms with Gasteiger partial charge in [-0.15, -0.1) is 0 Å². The molecule has 0 radical (unpaired) electrons. The second kappa shape index (κ2) is 5.19. The Labute approximate surface area is 112 Å². The van der Waals surface area contributed by atoms with Gasteiger partial charge in [0.1, 0.15) is 5.52 Å². The van der Waals surface area contributed by atoms with Gasteiger partial charge in [0.05, 0.1) is 12.7 Å². The number of fused-ring (bicyclic) bond motifs is 1. The van der Waals surface area contributed by atoms with Gasteiger partial charge in [-0.3, -0.25) is 0 Å². The average Bonchev–Trinajstić information content (AvgIpc) is 2.82. The number of hydrogen-bond donors (Lipinski definition) is 0. The van der Waals surface area contributed by atoms with Gasteiger partial charge in [-0.25, -0.2) is 0 Å². The fourth-order valence-electron chi connectivity index (χ4n) is 2.41. The minimum absolute atomic E-state index is 0.207. The number of nitrogens with zero attached hydrogens (tertiary/aromatic N) is 3. The fraction of sp³-hybridized carbons (Fsp3) is 0.500. The van der Waals surface area contributed by atoms with Crippen LogP contribution in [-0.4, -0.2) is 56.3 Å². The molecule has 0 saturated carbocycles. The molecule has 0 N–H and O–H groups in total. The smallest absolute Gasteiger partial charge is 0.298 e. The van der Waals surface area contributed by atoms with E-state index in [0.29, 0.717) is 6.01 Å². The van der Waals surface area contributed by atoms with Crippen LogP contribution in [0.3, 0.4) is 0 Å². The van der Waals surface area contributed by atoms with Crippen molar-refractivity contribution >= 4 is 17.1 Å². The number of para-hydroxylation sites is 2. The number of morpholine rings is 1. The molecular weight excluding hydrogens is 242 g/mol. The lowest BCUT2D eigenvalue weighted by molar-refractivity contribution is 0.0233. The first-order valence-corrected chi connectivity index (χ1v) is 6.59. The molecule has 2 heterocycles. The molecule has 1 aromatic heterocycles. The summed E-state index contributed by atoms with van der Waals surface area (Å²) in [5.74, 6) is 0. The van der Waals surface area contributed by atoms with E-state index in [0.717, 1.165) is 37.3 Å². The van der Waals surface area contributed by atoms with Gasteiger partial charge in [0.25, 0.3) is 6.01 Å². The number of hydrogen-bond acceptors (Lipinski definition) is 5. The van der Waals surface area contributed by atoms with E-state index in [1.165, 1.54) is 0 Å². The lowest BCUT2D eigenvalue weighted by Crippen LogP contribution is -2.46. The summed E-state index contributed by atoms with van der Waals surface area (Å²) in [5, 5.41) is 0. The number of aromatic nitrogens is 1. The van der Waals surface area contributed by atoms with Crippen LogP contribution in [0.4, 0.5) is 6.01 Å². The van der Waals surface area contributed by atoms with Crippen molar-refractivity contribution in [3.63, 3.8) is 0 Å². The topological polar surface area (TPSA) is 41.7 Å². The highest BCUT2D eigenvalue weighted by Crippen LogP contribution is 2.23. The van der Waals surface area contributed by atoms with Gasteiger partial charge in [-0.2, -0.15) is 4.98 Å². The highest BCUT2D eigenvalue weighted by Gasteiger charge is 2.24. The number of likely N-dealkylation sites (N-methyl/N-ethyl adjacent to an activating group) is 1. The highest BCUT2D eigenvalue weighted by molar-refractivity contribution is 5.74. The number of ether oxygens (including phenoxy) is 1. The van der Waals surface area contributed by atoms with E-state index in [1.54, 1.807) is 0 Å². The molecule has 1 aliphatic rings. The third kappa shape index (κ3) is 2.72. The summed E-state index contributed by atoms with van der Waals surface area (Å²) in [6.07, 6.45) is 0.207. The van der Waals surface area contributed by atoms with Gasteiger partial charge >= 0.3 is 0 Å². The normalized spacial score (nSPS) is 20.4. The van der Waals surface area contributed by atoms with Crippen LogP contribution < -0.4 is 4.90 Å². The first-order chi connectivity index (χ1) is 9.22. The molecule has 1 aromatic carbocycles. The number of oxazole rings is 1. The first-order valence-electron chi connectivity index (χ1n) is 6.59. The molecule has 19 heavy (non-hydrogen) atoms. The van der Waals surface area contributed by atoms with Crippen molar-refractivity contribution in [3.05, 3.63) is 24.3 Å². The summed E-state index contributed by atoms with van der Waals surface area (Å²) in [7, 11) is 4.11. The quantitative estimate of drug-likeness (QED) is 0.839. The summed E-state index contributed by atoms with van der Waals surface area (Å²) in [6, 6.07) is 8.56. The monoisotopic (exact) mass is 261 g/mol. The summed E-state index contributed by atoms with van der Waals surface area (Å²) in [6.45, 7) is 3.29. The first kappa shape index (κ1) is 12.4. The number of rotatable bonds is 3.